The molecule has 3 amide bonds. The SMILES string of the molecule is CC(NC(=O)NCc1cccc(F)c1Cl)C(C)OC(=O)Nc1cc2ccccc2cn1. The molecule has 2 atom stereocenters. The van der Waals surface area contributed by atoms with Gasteiger partial charge in [0.15, 0.2) is 0 Å². The van der Waals surface area contributed by atoms with Crippen molar-refractivity contribution in [1.29, 1.82) is 0 Å². The zero-order valence-electron chi connectivity index (χ0n) is 17.0. The van der Waals surface area contributed by atoms with Gasteiger partial charge in [0.1, 0.15) is 17.7 Å². The third kappa shape index (κ3) is 6.05. The number of nitrogens with zero attached hydrogens (tertiary/aromatic N) is 1. The molecule has 0 aliphatic rings. The average molecular weight is 445 g/mol. The van der Waals surface area contributed by atoms with Gasteiger partial charge in [-0.15, -0.1) is 0 Å². The number of pyridine rings is 1. The number of halogens is 2. The van der Waals surface area contributed by atoms with Crippen LogP contribution < -0.4 is 16.0 Å². The Morgan fingerprint density at radius 1 is 1.13 bits per heavy atom. The van der Waals surface area contributed by atoms with E-state index in [0.29, 0.717) is 11.4 Å². The van der Waals surface area contributed by atoms with E-state index in [1.165, 1.54) is 12.1 Å². The smallest absolute Gasteiger partial charge is 0.413 e. The summed E-state index contributed by atoms with van der Waals surface area (Å²) in [7, 11) is 0. The summed E-state index contributed by atoms with van der Waals surface area (Å²) in [5, 5.41) is 9.70. The van der Waals surface area contributed by atoms with E-state index in [-0.39, 0.29) is 11.6 Å². The highest BCUT2D eigenvalue weighted by Gasteiger charge is 2.19. The molecule has 0 aliphatic carbocycles. The molecule has 0 aliphatic heterocycles. The van der Waals surface area contributed by atoms with Gasteiger partial charge in [0.2, 0.25) is 0 Å². The number of hydrogen-bond donors (Lipinski definition) is 3. The standard InChI is InChI=1S/C22H22ClFN4O3/c1-13(27-21(29)26-12-17-8-5-9-18(24)20(17)23)14(2)31-22(30)28-19-10-15-6-3-4-7-16(15)11-25-19/h3-11,13-14H,12H2,1-2H3,(H,25,28,30)(H2,26,27,29). The van der Waals surface area contributed by atoms with Gasteiger partial charge in [-0.3, -0.25) is 5.32 Å². The second-order valence-corrected chi connectivity index (χ2v) is 7.36. The van der Waals surface area contributed by atoms with Crippen LogP contribution in [0.2, 0.25) is 5.02 Å². The number of amides is 3. The van der Waals surface area contributed by atoms with Crippen LogP contribution in [-0.2, 0) is 11.3 Å². The summed E-state index contributed by atoms with van der Waals surface area (Å²) in [6, 6.07) is 12.8. The number of benzene rings is 2. The van der Waals surface area contributed by atoms with Crippen LogP contribution in [0.25, 0.3) is 10.8 Å². The predicted octanol–water partition coefficient (Wildman–Crippen LogP) is 4.85. The van der Waals surface area contributed by atoms with E-state index >= 15 is 0 Å². The summed E-state index contributed by atoms with van der Waals surface area (Å²) in [4.78, 5) is 28.5. The highest BCUT2D eigenvalue weighted by molar-refractivity contribution is 6.31. The molecule has 1 heterocycles. The number of hydrogen-bond acceptors (Lipinski definition) is 4. The van der Waals surface area contributed by atoms with Crippen molar-refractivity contribution < 1.29 is 18.7 Å². The number of aromatic nitrogens is 1. The highest BCUT2D eigenvalue weighted by Crippen LogP contribution is 2.19. The van der Waals surface area contributed by atoms with Crippen LogP contribution in [0.15, 0.2) is 54.7 Å². The number of carbonyl (C=O) groups is 2. The van der Waals surface area contributed by atoms with Crippen molar-refractivity contribution in [2.24, 2.45) is 0 Å². The van der Waals surface area contributed by atoms with Crippen LogP contribution >= 0.6 is 11.6 Å². The van der Waals surface area contributed by atoms with Gasteiger partial charge >= 0.3 is 12.1 Å². The molecule has 162 valence electrons. The van der Waals surface area contributed by atoms with E-state index < -0.39 is 30.1 Å². The number of carbonyl (C=O) groups excluding carboxylic acids is 2. The molecule has 0 radical (unpaired) electrons. The van der Waals surface area contributed by atoms with Crippen LogP contribution in [0, 0.1) is 5.82 Å². The van der Waals surface area contributed by atoms with E-state index in [0.717, 1.165) is 10.8 Å². The Bertz CT molecular complexity index is 1100. The van der Waals surface area contributed by atoms with Crippen molar-refractivity contribution in [2.75, 3.05) is 5.32 Å². The molecule has 0 fully saturated rings. The van der Waals surface area contributed by atoms with Gasteiger partial charge in [-0.25, -0.2) is 19.0 Å². The summed E-state index contributed by atoms with van der Waals surface area (Å²) < 4.78 is 18.8. The van der Waals surface area contributed by atoms with Crippen molar-refractivity contribution in [1.82, 2.24) is 15.6 Å². The van der Waals surface area contributed by atoms with Crippen molar-refractivity contribution in [2.45, 2.75) is 32.5 Å². The van der Waals surface area contributed by atoms with Crippen LogP contribution in [0.5, 0.6) is 0 Å². The molecule has 3 aromatic rings. The number of urea groups is 1. The Morgan fingerprint density at radius 2 is 1.87 bits per heavy atom. The first-order valence-corrected chi connectivity index (χ1v) is 10.0. The fraction of sp³-hybridized carbons (Fsp3) is 0.227. The van der Waals surface area contributed by atoms with Crippen LogP contribution in [0.4, 0.5) is 19.8 Å². The Labute approximate surface area is 183 Å². The van der Waals surface area contributed by atoms with Gasteiger partial charge in [0.05, 0.1) is 11.1 Å². The minimum atomic E-state index is -0.684. The largest absolute Gasteiger partial charge is 0.444 e. The van der Waals surface area contributed by atoms with E-state index in [2.05, 4.69) is 20.9 Å². The maximum absolute atomic E-state index is 13.5. The predicted molar refractivity (Wildman–Crippen MR) is 118 cm³/mol. The van der Waals surface area contributed by atoms with Crippen molar-refractivity contribution >= 4 is 40.3 Å². The number of nitrogens with one attached hydrogen (secondary N) is 3. The number of fused-ring (bicyclic) bond motifs is 1. The maximum atomic E-state index is 13.5. The molecule has 3 N–H and O–H groups in total. The third-order valence-corrected chi connectivity index (χ3v) is 5.11. The summed E-state index contributed by atoms with van der Waals surface area (Å²) >= 11 is 5.87. The zero-order valence-corrected chi connectivity index (χ0v) is 17.7. The molecular weight excluding hydrogens is 423 g/mol. The minimum absolute atomic E-state index is 0.0356. The Balaban J connectivity index is 1.47. The second-order valence-electron chi connectivity index (χ2n) is 6.98. The summed E-state index contributed by atoms with van der Waals surface area (Å²) in [6.45, 7) is 3.40. The van der Waals surface area contributed by atoms with Gasteiger partial charge < -0.3 is 15.4 Å². The number of rotatable bonds is 6. The van der Waals surface area contributed by atoms with Gasteiger partial charge in [-0.05, 0) is 36.9 Å². The Hall–Kier alpha value is -3.39. The monoisotopic (exact) mass is 444 g/mol. The van der Waals surface area contributed by atoms with Crippen molar-refractivity contribution in [3.8, 4) is 0 Å². The van der Waals surface area contributed by atoms with Gasteiger partial charge in [0.25, 0.3) is 0 Å². The lowest BCUT2D eigenvalue weighted by Crippen LogP contribution is -2.46. The van der Waals surface area contributed by atoms with E-state index in [1.807, 2.05) is 24.3 Å². The molecule has 0 saturated heterocycles. The van der Waals surface area contributed by atoms with Crippen LogP contribution in [0.1, 0.15) is 19.4 Å². The molecule has 3 rings (SSSR count). The molecule has 0 spiro atoms. The van der Waals surface area contributed by atoms with Gasteiger partial charge in [-0.1, -0.05) is 48.0 Å². The summed E-state index contributed by atoms with van der Waals surface area (Å²) in [6.07, 6.45) is 0.355. The Morgan fingerprint density at radius 3 is 2.65 bits per heavy atom. The zero-order chi connectivity index (χ0) is 22.4. The topological polar surface area (TPSA) is 92.4 Å². The summed E-state index contributed by atoms with van der Waals surface area (Å²) in [5.74, 6) is -0.190. The normalized spacial score (nSPS) is 12.6. The van der Waals surface area contributed by atoms with E-state index in [1.54, 1.807) is 32.2 Å². The first-order chi connectivity index (χ1) is 14.8. The van der Waals surface area contributed by atoms with E-state index in [4.69, 9.17) is 16.3 Å². The molecule has 2 unspecified atom stereocenters. The molecule has 2 aromatic carbocycles. The quantitative estimate of drug-likeness (QED) is 0.506. The maximum Gasteiger partial charge on any atom is 0.413 e. The van der Waals surface area contributed by atoms with Crippen LogP contribution in [-0.4, -0.2) is 29.3 Å². The minimum Gasteiger partial charge on any atom is -0.444 e. The lowest BCUT2D eigenvalue weighted by molar-refractivity contribution is 0.101. The first kappa shape index (κ1) is 22.3. The second kappa shape index (κ2) is 10.1. The molecule has 0 bridgehead atoms. The van der Waals surface area contributed by atoms with Gasteiger partial charge in [-0.2, -0.15) is 0 Å². The van der Waals surface area contributed by atoms with Crippen LogP contribution in [0.3, 0.4) is 0 Å². The Kier molecular flexibility index (Phi) is 7.25. The summed E-state index contributed by atoms with van der Waals surface area (Å²) in [5.41, 5.74) is 0.455. The third-order valence-electron chi connectivity index (χ3n) is 4.69. The number of ether oxygens (including phenoxy) is 1. The first-order valence-electron chi connectivity index (χ1n) is 9.63. The van der Waals surface area contributed by atoms with E-state index in [9.17, 15) is 14.0 Å². The molecule has 0 saturated carbocycles. The lowest BCUT2D eigenvalue weighted by atomic mass is 10.2. The molecule has 1 aromatic heterocycles. The lowest BCUT2D eigenvalue weighted by Gasteiger charge is -2.22. The van der Waals surface area contributed by atoms with Gasteiger partial charge in [0, 0.05) is 18.1 Å². The molecule has 9 heteroatoms. The van der Waals surface area contributed by atoms with Crippen molar-refractivity contribution in [3.63, 3.8) is 0 Å². The highest BCUT2D eigenvalue weighted by atomic mass is 35.5. The molecule has 31 heavy (non-hydrogen) atoms. The number of anilines is 1. The molecular formula is C22H22ClFN4O3. The molecule has 7 nitrogen and oxygen atoms in total. The van der Waals surface area contributed by atoms with Crippen molar-refractivity contribution in [3.05, 3.63) is 71.1 Å². The fourth-order valence-corrected chi connectivity index (χ4v) is 2.99. The fourth-order valence-electron chi connectivity index (χ4n) is 2.79. The average Bonchev–Trinajstić information content (AvgIpc) is 2.74.